The number of hydrogen-bond donors (Lipinski definition) is 0. The molecule has 164 valence electrons. The molecule has 0 saturated heterocycles. The summed E-state index contributed by atoms with van der Waals surface area (Å²) in [7, 11) is 0. The van der Waals surface area contributed by atoms with E-state index in [2.05, 4.69) is 19.9 Å². The van der Waals surface area contributed by atoms with Crippen LogP contribution in [-0.4, -0.2) is 29.0 Å². The lowest BCUT2D eigenvalue weighted by Crippen LogP contribution is -2.59. The number of allylic oxidation sites excluding steroid dienone is 4. The van der Waals surface area contributed by atoms with Gasteiger partial charge in [-0.25, -0.2) is 0 Å². The Bertz CT molecular complexity index is 876. The topological polar surface area (TPSA) is 60.4 Å². The lowest BCUT2D eigenvalue weighted by molar-refractivity contribution is -0.185. The number of Topliss-reactive ketones (excluding diaryl/α,β-unsaturated/α-hetero) is 1. The third-order valence-corrected chi connectivity index (χ3v) is 9.77. The van der Waals surface area contributed by atoms with Crippen LogP contribution in [-0.2, 0) is 19.1 Å². The Kier molecular flexibility index (Phi) is 5.30. The van der Waals surface area contributed by atoms with Crippen LogP contribution in [0.15, 0.2) is 22.8 Å². The van der Waals surface area contributed by atoms with Crippen molar-refractivity contribution in [2.24, 2.45) is 34.5 Å². The molecule has 4 rings (SSSR count). The molecule has 0 radical (unpaired) electrons. The van der Waals surface area contributed by atoms with Crippen molar-refractivity contribution in [3.63, 3.8) is 0 Å². The molecule has 4 nitrogen and oxygen atoms in total. The first-order chi connectivity index (χ1) is 14.0. The first kappa shape index (κ1) is 22.1. The number of carbonyl (C=O) groups is 3. The van der Waals surface area contributed by atoms with Gasteiger partial charge >= 0.3 is 5.97 Å². The van der Waals surface area contributed by atoms with E-state index in [1.54, 1.807) is 13.0 Å². The Morgan fingerprint density at radius 2 is 1.83 bits per heavy atom. The van der Waals surface area contributed by atoms with Crippen LogP contribution in [0.25, 0.3) is 0 Å². The predicted molar refractivity (Wildman–Crippen MR) is 116 cm³/mol. The van der Waals surface area contributed by atoms with Crippen molar-refractivity contribution < 1.29 is 19.1 Å². The Labute approximate surface area is 188 Å². The third-order valence-electron chi connectivity index (χ3n) is 9.07. The van der Waals surface area contributed by atoms with E-state index in [-0.39, 0.29) is 34.7 Å². The molecule has 0 aliphatic heterocycles. The van der Waals surface area contributed by atoms with Crippen molar-refractivity contribution in [1.82, 2.24) is 0 Å². The minimum atomic E-state index is -1.07. The monoisotopic (exact) mass is 452 g/mol. The molecule has 0 aromatic carbocycles. The van der Waals surface area contributed by atoms with E-state index in [9.17, 15) is 14.4 Å². The molecule has 0 aromatic rings. The molecule has 2 fully saturated rings. The zero-order valence-electron chi connectivity index (χ0n) is 18.1. The number of rotatable bonds is 3. The average molecular weight is 453 g/mol. The van der Waals surface area contributed by atoms with Gasteiger partial charge in [0.1, 0.15) is 0 Å². The quantitative estimate of drug-likeness (QED) is 0.435. The summed E-state index contributed by atoms with van der Waals surface area (Å²) in [6.45, 7) is 7.26. The molecule has 0 bridgehead atoms. The van der Waals surface area contributed by atoms with E-state index >= 15 is 0 Å². The SMILES string of the molecule is CC(=O)O[C@]1(C(C)=O)CCC2C3C=C(Cl)C4=CC(=O)C[C@H](CCl)[C@]4(C)[C@H]3CC[C@@]21C. The molecule has 2 saturated carbocycles. The smallest absolute Gasteiger partial charge is 0.303 e. The number of ether oxygens (including phenoxy) is 1. The molecule has 0 heterocycles. The van der Waals surface area contributed by atoms with E-state index < -0.39 is 17.0 Å². The van der Waals surface area contributed by atoms with Crippen molar-refractivity contribution in [2.45, 2.75) is 65.4 Å². The number of carbonyl (C=O) groups excluding carboxylic acids is 3. The van der Waals surface area contributed by atoms with Crippen molar-refractivity contribution >= 4 is 40.7 Å². The van der Waals surface area contributed by atoms with Gasteiger partial charge < -0.3 is 4.74 Å². The largest absolute Gasteiger partial charge is 0.451 e. The normalized spacial score (nSPS) is 44.9. The molecule has 6 heteroatoms. The van der Waals surface area contributed by atoms with Crippen LogP contribution in [0.1, 0.15) is 59.8 Å². The fourth-order valence-electron chi connectivity index (χ4n) is 7.54. The van der Waals surface area contributed by atoms with E-state index in [4.69, 9.17) is 27.9 Å². The highest BCUT2D eigenvalue weighted by molar-refractivity contribution is 6.32. The molecular formula is C24H30Cl2O4. The number of ketones is 2. The Morgan fingerprint density at radius 1 is 1.17 bits per heavy atom. The zero-order chi connectivity index (χ0) is 22.1. The van der Waals surface area contributed by atoms with Crippen LogP contribution in [0.5, 0.6) is 0 Å². The van der Waals surface area contributed by atoms with Crippen LogP contribution in [0.2, 0.25) is 0 Å². The van der Waals surface area contributed by atoms with Crippen LogP contribution < -0.4 is 0 Å². The molecule has 0 N–H and O–H groups in total. The standard InChI is InChI=1S/C24H30Cl2O4/c1-13(27)24(30-14(2)28)8-6-18-17-11-21(26)20-10-16(29)9-15(12-25)23(20,4)19(17)5-7-22(18,24)3/h10-11,15,17-19H,5-9,12H2,1-4H3/t15-,17?,18?,19+,22+,23-,24+/m1/s1. The van der Waals surface area contributed by atoms with Gasteiger partial charge in [0.05, 0.1) is 0 Å². The second-order valence-corrected chi connectivity index (χ2v) is 10.9. The van der Waals surface area contributed by atoms with Gasteiger partial charge in [0.2, 0.25) is 0 Å². The molecule has 30 heavy (non-hydrogen) atoms. The first-order valence-corrected chi connectivity index (χ1v) is 11.8. The summed E-state index contributed by atoms with van der Waals surface area (Å²) in [5.41, 5.74) is -0.846. The van der Waals surface area contributed by atoms with E-state index in [1.807, 2.05) is 0 Å². The van der Waals surface area contributed by atoms with Gasteiger partial charge in [-0.1, -0.05) is 31.5 Å². The molecule has 0 amide bonds. The minimum Gasteiger partial charge on any atom is -0.451 e. The number of alkyl halides is 1. The molecule has 0 spiro atoms. The highest BCUT2D eigenvalue weighted by Gasteiger charge is 2.68. The fourth-order valence-corrected chi connectivity index (χ4v) is 8.38. The maximum absolute atomic E-state index is 12.8. The molecule has 0 aromatic heterocycles. The van der Waals surface area contributed by atoms with Crippen molar-refractivity contribution in [3.8, 4) is 0 Å². The fraction of sp³-hybridized carbons (Fsp3) is 0.708. The number of halogens is 2. The lowest BCUT2D eigenvalue weighted by Gasteiger charge is -2.59. The first-order valence-electron chi connectivity index (χ1n) is 10.9. The lowest BCUT2D eigenvalue weighted by atomic mass is 9.46. The highest BCUT2D eigenvalue weighted by atomic mass is 35.5. The molecule has 7 atom stereocenters. The molecule has 2 unspecified atom stereocenters. The van der Waals surface area contributed by atoms with Gasteiger partial charge in [-0.15, -0.1) is 11.6 Å². The van der Waals surface area contributed by atoms with Crippen LogP contribution >= 0.6 is 23.2 Å². The second-order valence-electron chi connectivity index (χ2n) is 10.1. The average Bonchev–Trinajstić information content (AvgIpc) is 2.96. The number of fused-ring (bicyclic) bond motifs is 5. The summed E-state index contributed by atoms with van der Waals surface area (Å²) in [4.78, 5) is 37.1. The van der Waals surface area contributed by atoms with E-state index in [1.165, 1.54) is 6.92 Å². The van der Waals surface area contributed by atoms with Gasteiger partial charge in [-0.05, 0) is 67.9 Å². The highest BCUT2D eigenvalue weighted by Crippen LogP contribution is 2.68. The van der Waals surface area contributed by atoms with Crippen LogP contribution in [0.4, 0.5) is 0 Å². The molecular weight excluding hydrogens is 423 g/mol. The maximum Gasteiger partial charge on any atom is 0.303 e. The predicted octanol–water partition coefficient (Wildman–Crippen LogP) is 5.22. The van der Waals surface area contributed by atoms with Crippen molar-refractivity contribution in [3.05, 3.63) is 22.8 Å². The summed E-state index contributed by atoms with van der Waals surface area (Å²) in [5.74, 6) is 0.705. The van der Waals surface area contributed by atoms with Crippen LogP contribution in [0, 0.1) is 34.5 Å². The van der Waals surface area contributed by atoms with Crippen molar-refractivity contribution in [2.75, 3.05) is 5.88 Å². The Hall–Kier alpha value is -1.13. The van der Waals surface area contributed by atoms with Crippen LogP contribution in [0.3, 0.4) is 0 Å². The molecule has 4 aliphatic rings. The second kappa shape index (κ2) is 7.20. The van der Waals surface area contributed by atoms with Crippen molar-refractivity contribution in [1.29, 1.82) is 0 Å². The summed E-state index contributed by atoms with van der Waals surface area (Å²) >= 11 is 13.2. The molecule has 4 aliphatic carbocycles. The Balaban J connectivity index is 1.82. The summed E-state index contributed by atoms with van der Waals surface area (Å²) in [5, 5.41) is 0.638. The summed E-state index contributed by atoms with van der Waals surface area (Å²) in [6.07, 6.45) is 7.31. The van der Waals surface area contributed by atoms with E-state index in [0.29, 0.717) is 29.7 Å². The number of esters is 1. The summed E-state index contributed by atoms with van der Waals surface area (Å²) < 4.78 is 5.81. The van der Waals surface area contributed by atoms with E-state index in [0.717, 1.165) is 24.8 Å². The Morgan fingerprint density at radius 3 is 2.43 bits per heavy atom. The minimum absolute atomic E-state index is 0.0402. The van der Waals surface area contributed by atoms with Gasteiger partial charge in [0.25, 0.3) is 0 Å². The van der Waals surface area contributed by atoms with Gasteiger partial charge in [0.15, 0.2) is 17.2 Å². The van der Waals surface area contributed by atoms with Gasteiger partial charge in [-0.2, -0.15) is 0 Å². The van der Waals surface area contributed by atoms with Gasteiger partial charge in [0, 0.05) is 35.1 Å². The summed E-state index contributed by atoms with van der Waals surface area (Å²) in [6, 6.07) is 0. The maximum atomic E-state index is 12.8. The third kappa shape index (κ3) is 2.75. The van der Waals surface area contributed by atoms with Gasteiger partial charge in [-0.3, -0.25) is 14.4 Å². The number of hydrogen-bond acceptors (Lipinski definition) is 4. The zero-order valence-corrected chi connectivity index (χ0v) is 19.6.